The molecule has 2 amide bonds. The number of ether oxygens (including phenoxy) is 1. The molecule has 3 aliphatic rings. The molecule has 148 valence electrons. The molecule has 0 radical (unpaired) electrons. The minimum Gasteiger partial charge on any atom is -0.423 e. The summed E-state index contributed by atoms with van der Waals surface area (Å²) in [4.78, 5) is 40.0. The maximum atomic E-state index is 13.0. The molecule has 5 rings (SSSR count). The van der Waals surface area contributed by atoms with Gasteiger partial charge >= 0.3 is 5.97 Å². The summed E-state index contributed by atoms with van der Waals surface area (Å²) in [6, 6.07) is 12.1. The number of fused-ring (bicyclic) bond motifs is 5. The predicted molar refractivity (Wildman–Crippen MR) is 108 cm³/mol. The quantitative estimate of drug-likeness (QED) is 0.451. The van der Waals surface area contributed by atoms with Crippen molar-refractivity contribution < 1.29 is 19.1 Å². The Bertz CT molecular complexity index is 1010. The minimum absolute atomic E-state index is 0.105. The lowest BCUT2D eigenvalue weighted by Crippen LogP contribution is -2.32. The molecule has 29 heavy (non-hydrogen) atoms. The number of carbonyl (C=O) groups is 3. The van der Waals surface area contributed by atoms with Crippen LogP contribution in [-0.4, -0.2) is 17.8 Å². The molecule has 2 aliphatic carbocycles. The second-order valence-electron chi connectivity index (χ2n) is 8.58. The topological polar surface area (TPSA) is 63.7 Å². The van der Waals surface area contributed by atoms with Crippen molar-refractivity contribution in [3.63, 3.8) is 0 Å². The van der Waals surface area contributed by atoms with Gasteiger partial charge in [-0.15, -0.1) is 0 Å². The first-order chi connectivity index (χ1) is 13.9. The highest BCUT2D eigenvalue weighted by Gasteiger charge is 2.61. The summed E-state index contributed by atoms with van der Waals surface area (Å²) in [5.74, 6) is 0.0877. The van der Waals surface area contributed by atoms with Crippen LogP contribution in [0.15, 0.2) is 42.5 Å². The van der Waals surface area contributed by atoms with Gasteiger partial charge in [0.15, 0.2) is 0 Å². The zero-order valence-corrected chi connectivity index (χ0v) is 16.6. The van der Waals surface area contributed by atoms with Gasteiger partial charge in [-0.2, -0.15) is 0 Å². The lowest BCUT2D eigenvalue weighted by atomic mass is 9.81. The Morgan fingerprint density at radius 3 is 2.28 bits per heavy atom. The molecule has 1 aliphatic heterocycles. The highest BCUT2D eigenvalue weighted by Crippen LogP contribution is 2.56. The number of anilines is 1. The Morgan fingerprint density at radius 2 is 1.62 bits per heavy atom. The lowest BCUT2D eigenvalue weighted by Gasteiger charge is -2.19. The number of benzene rings is 2. The Kier molecular flexibility index (Phi) is 4.09. The van der Waals surface area contributed by atoms with Crippen molar-refractivity contribution in [3.8, 4) is 5.75 Å². The van der Waals surface area contributed by atoms with Gasteiger partial charge in [0, 0.05) is 0 Å². The zero-order chi connectivity index (χ0) is 20.3. The van der Waals surface area contributed by atoms with Gasteiger partial charge in [-0.3, -0.25) is 14.5 Å². The SMILES string of the molecule is Cc1ccc(OC(=O)c2cccc(N3C(=O)C4C5CCC(C5)C4C3=O)c2)cc1C. The Morgan fingerprint density at radius 1 is 0.931 bits per heavy atom. The average Bonchev–Trinajstić information content (AvgIpc) is 3.38. The fourth-order valence-electron chi connectivity index (χ4n) is 5.38. The third-order valence-electron chi connectivity index (χ3n) is 6.96. The molecule has 5 nitrogen and oxygen atoms in total. The smallest absolute Gasteiger partial charge is 0.343 e. The second kappa shape index (κ2) is 6.55. The lowest BCUT2D eigenvalue weighted by molar-refractivity contribution is -0.123. The molecular formula is C24H23NO4. The summed E-state index contributed by atoms with van der Waals surface area (Å²) in [7, 11) is 0. The van der Waals surface area contributed by atoms with Gasteiger partial charge in [0.1, 0.15) is 5.75 Å². The van der Waals surface area contributed by atoms with Crippen LogP contribution in [0.25, 0.3) is 0 Å². The van der Waals surface area contributed by atoms with E-state index in [9.17, 15) is 14.4 Å². The number of amides is 2. The van der Waals surface area contributed by atoms with Crippen molar-refractivity contribution in [2.75, 3.05) is 4.90 Å². The Balaban J connectivity index is 1.40. The molecule has 4 unspecified atom stereocenters. The highest BCUT2D eigenvalue weighted by atomic mass is 16.5. The Hall–Kier alpha value is -2.95. The fraction of sp³-hybridized carbons (Fsp3) is 0.375. The minimum atomic E-state index is -0.505. The van der Waals surface area contributed by atoms with Crippen LogP contribution in [-0.2, 0) is 9.59 Å². The van der Waals surface area contributed by atoms with Crippen LogP contribution < -0.4 is 9.64 Å². The fourth-order valence-corrected chi connectivity index (χ4v) is 5.38. The number of carbonyl (C=O) groups excluding carboxylic acids is 3. The van der Waals surface area contributed by atoms with Crippen LogP contribution in [0.2, 0.25) is 0 Å². The Labute approximate surface area is 169 Å². The van der Waals surface area contributed by atoms with Crippen LogP contribution in [0.1, 0.15) is 40.7 Å². The standard InChI is InChI=1S/C24H23NO4/c1-13-6-9-19(10-14(13)2)29-24(28)17-4-3-5-18(12-17)25-22(26)20-15-7-8-16(11-15)21(20)23(25)27/h3-6,9-10,12,15-16,20-21H,7-8,11H2,1-2H3. The first kappa shape index (κ1) is 18.1. The van der Waals surface area contributed by atoms with Crippen molar-refractivity contribution in [1.82, 2.24) is 0 Å². The zero-order valence-electron chi connectivity index (χ0n) is 16.6. The van der Waals surface area contributed by atoms with Crippen LogP contribution in [0.3, 0.4) is 0 Å². The molecule has 5 heteroatoms. The summed E-state index contributed by atoms with van der Waals surface area (Å²) < 4.78 is 5.50. The number of esters is 1. The van der Waals surface area contributed by atoms with Crippen LogP contribution in [0.5, 0.6) is 5.75 Å². The summed E-state index contributed by atoms with van der Waals surface area (Å²) >= 11 is 0. The average molecular weight is 389 g/mol. The molecule has 1 heterocycles. The summed E-state index contributed by atoms with van der Waals surface area (Å²) in [6.45, 7) is 3.96. The van der Waals surface area contributed by atoms with E-state index in [0.29, 0.717) is 28.8 Å². The van der Waals surface area contributed by atoms with E-state index in [2.05, 4.69) is 0 Å². The molecule has 0 spiro atoms. The molecule has 2 aromatic rings. The van der Waals surface area contributed by atoms with Crippen molar-refractivity contribution in [1.29, 1.82) is 0 Å². The number of nitrogens with zero attached hydrogens (tertiary/aromatic N) is 1. The second-order valence-corrected chi connectivity index (χ2v) is 8.58. The van der Waals surface area contributed by atoms with Crippen LogP contribution >= 0.6 is 0 Å². The first-order valence-corrected chi connectivity index (χ1v) is 10.2. The van der Waals surface area contributed by atoms with E-state index in [-0.39, 0.29) is 23.7 Å². The predicted octanol–water partition coefficient (Wildman–Crippen LogP) is 4.06. The number of hydrogen-bond donors (Lipinski definition) is 0. The highest BCUT2D eigenvalue weighted by molar-refractivity contribution is 6.22. The molecule has 1 saturated heterocycles. The van der Waals surface area contributed by atoms with E-state index in [4.69, 9.17) is 4.74 Å². The van der Waals surface area contributed by atoms with E-state index < -0.39 is 5.97 Å². The van der Waals surface area contributed by atoms with Crippen molar-refractivity contribution in [2.24, 2.45) is 23.7 Å². The van der Waals surface area contributed by atoms with Crippen LogP contribution in [0, 0.1) is 37.5 Å². The van der Waals surface area contributed by atoms with E-state index >= 15 is 0 Å². The number of rotatable bonds is 3. The van der Waals surface area contributed by atoms with E-state index in [1.165, 1.54) is 4.90 Å². The first-order valence-electron chi connectivity index (χ1n) is 10.2. The molecule has 0 N–H and O–H groups in total. The van der Waals surface area contributed by atoms with E-state index in [1.54, 1.807) is 30.3 Å². The molecule has 2 aromatic carbocycles. The maximum Gasteiger partial charge on any atom is 0.343 e. The van der Waals surface area contributed by atoms with Gasteiger partial charge in [0.05, 0.1) is 23.1 Å². The van der Waals surface area contributed by atoms with Gasteiger partial charge in [-0.05, 0) is 86.4 Å². The van der Waals surface area contributed by atoms with Gasteiger partial charge < -0.3 is 4.74 Å². The summed E-state index contributed by atoms with van der Waals surface area (Å²) in [6.07, 6.45) is 3.09. The normalized spacial score (nSPS) is 27.4. The molecule has 0 aromatic heterocycles. The largest absolute Gasteiger partial charge is 0.423 e. The molecule has 2 saturated carbocycles. The number of aryl methyl sites for hydroxylation is 2. The van der Waals surface area contributed by atoms with E-state index in [1.807, 2.05) is 26.0 Å². The molecule has 4 atom stereocenters. The van der Waals surface area contributed by atoms with Crippen molar-refractivity contribution >= 4 is 23.5 Å². The molecule has 2 bridgehead atoms. The number of hydrogen-bond acceptors (Lipinski definition) is 4. The van der Waals surface area contributed by atoms with Crippen molar-refractivity contribution in [2.45, 2.75) is 33.1 Å². The maximum absolute atomic E-state index is 13.0. The monoisotopic (exact) mass is 389 g/mol. The van der Waals surface area contributed by atoms with Gasteiger partial charge in [-0.25, -0.2) is 4.79 Å². The van der Waals surface area contributed by atoms with Gasteiger partial charge in [0.25, 0.3) is 0 Å². The molecule has 3 fully saturated rings. The number of imide groups is 1. The van der Waals surface area contributed by atoms with Crippen LogP contribution in [0.4, 0.5) is 5.69 Å². The summed E-state index contributed by atoms with van der Waals surface area (Å²) in [5, 5.41) is 0. The van der Waals surface area contributed by atoms with Gasteiger partial charge in [-0.1, -0.05) is 12.1 Å². The van der Waals surface area contributed by atoms with Crippen molar-refractivity contribution in [3.05, 3.63) is 59.2 Å². The summed E-state index contributed by atoms with van der Waals surface area (Å²) in [5.41, 5.74) is 2.94. The molecular weight excluding hydrogens is 366 g/mol. The van der Waals surface area contributed by atoms with Gasteiger partial charge in [0.2, 0.25) is 11.8 Å². The third kappa shape index (κ3) is 2.79. The van der Waals surface area contributed by atoms with E-state index in [0.717, 1.165) is 30.4 Å². The third-order valence-corrected chi connectivity index (χ3v) is 6.96.